The maximum absolute atomic E-state index is 5.88. The summed E-state index contributed by atoms with van der Waals surface area (Å²) >= 11 is 12.7. The molecule has 0 amide bonds. The molecular formula is C11H9BrClNS2. The van der Waals surface area contributed by atoms with E-state index in [2.05, 4.69) is 27.4 Å². The SMILES string of the molecule is Nc1cc(Cl)ccc1SCc1csc(Br)c1. The second kappa shape index (κ2) is 5.45. The van der Waals surface area contributed by atoms with Crippen LogP contribution in [0.2, 0.25) is 5.02 Å². The summed E-state index contributed by atoms with van der Waals surface area (Å²) in [5.74, 6) is 0.925. The molecule has 2 aromatic rings. The van der Waals surface area contributed by atoms with Crippen LogP contribution in [-0.2, 0) is 5.75 Å². The average molecular weight is 335 g/mol. The van der Waals surface area contributed by atoms with E-state index in [4.69, 9.17) is 17.3 Å². The Balaban J connectivity index is 2.04. The van der Waals surface area contributed by atoms with Gasteiger partial charge in [0.1, 0.15) is 0 Å². The third kappa shape index (κ3) is 3.17. The summed E-state index contributed by atoms with van der Waals surface area (Å²) in [7, 11) is 0. The van der Waals surface area contributed by atoms with Gasteiger partial charge < -0.3 is 5.73 Å². The average Bonchev–Trinajstić information content (AvgIpc) is 2.63. The van der Waals surface area contributed by atoms with Crippen molar-refractivity contribution < 1.29 is 0 Å². The smallest absolute Gasteiger partial charge is 0.0701 e. The number of rotatable bonds is 3. The number of hydrogen-bond donors (Lipinski definition) is 1. The van der Waals surface area contributed by atoms with Gasteiger partial charge in [0, 0.05) is 21.4 Å². The molecule has 0 bridgehead atoms. The first kappa shape index (κ1) is 12.3. The van der Waals surface area contributed by atoms with E-state index < -0.39 is 0 Å². The Morgan fingerprint density at radius 1 is 1.38 bits per heavy atom. The van der Waals surface area contributed by atoms with Crippen LogP contribution >= 0.6 is 50.6 Å². The Morgan fingerprint density at radius 2 is 2.19 bits per heavy atom. The molecular weight excluding hydrogens is 326 g/mol. The van der Waals surface area contributed by atoms with Gasteiger partial charge in [0.15, 0.2) is 0 Å². The number of nitrogen functional groups attached to an aromatic ring is 1. The molecule has 2 rings (SSSR count). The van der Waals surface area contributed by atoms with Gasteiger partial charge in [-0.15, -0.1) is 23.1 Å². The summed E-state index contributed by atoms with van der Waals surface area (Å²) in [6.07, 6.45) is 0. The van der Waals surface area contributed by atoms with Crippen LogP contribution in [0.3, 0.4) is 0 Å². The van der Waals surface area contributed by atoms with Crippen LogP contribution in [0.25, 0.3) is 0 Å². The zero-order valence-corrected chi connectivity index (χ0v) is 12.2. The van der Waals surface area contributed by atoms with E-state index in [0.717, 1.165) is 20.1 Å². The summed E-state index contributed by atoms with van der Waals surface area (Å²) in [6.45, 7) is 0. The van der Waals surface area contributed by atoms with Crippen molar-refractivity contribution in [3.05, 3.63) is 44.0 Å². The predicted octanol–water partition coefficient (Wildman–Crippen LogP) is 5.04. The summed E-state index contributed by atoms with van der Waals surface area (Å²) in [5, 5.41) is 2.82. The number of hydrogen-bond acceptors (Lipinski definition) is 3. The number of halogens is 2. The fraction of sp³-hybridized carbons (Fsp3) is 0.0909. The minimum absolute atomic E-state index is 0.681. The van der Waals surface area contributed by atoms with Crippen LogP contribution in [0, 0.1) is 0 Å². The normalized spacial score (nSPS) is 10.6. The van der Waals surface area contributed by atoms with Crippen molar-refractivity contribution in [2.45, 2.75) is 10.6 Å². The Kier molecular flexibility index (Phi) is 4.19. The molecule has 0 fully saturated rings. The summed E-state index contributed by atoms with van der Waals surface area (Å²) in [4.78, 5) is 1.08. The lowest BCUT2D eigenvalue weighted by Gasteiger charge is -2.04. The number of nitrogens with two attached hydrogens (primary N) is 1. The Morgan fingerprint density at radius 3 is 2.81 bits per heavy atom. The molecule has 16 heavy (non-hydrogen) atoms. The van der Waals surface area contributed by atoms with E-state index in [0.29, 0.717) is 5.02 Å². The van der Waals surface area contributed by atoms with Gasteiger partial charge in [0.2, 0.25) is 0 Å². The van der Waals surface area contributed by atoms with Crippen LogP contribution in [0.1, 0.15) is 5.56 Å². The van der Waals surface area contributed by atoms with Crippen molar-refractivity contribution in [1.29, 1.82) is 0 Å². The summed E-state index contributed by atoms with van der Waals surface area (Å²) < 4.78 is 1.16. The number of thioether (sulfide) groups is 1. The molecule has 5 heteroatoms. The molecule has 0 aliphatic carbocycles. The van der Waals surface area contributed by atoms with Crippen LogP contribution in [-0.4, -0.2) is 0 Å². The van der Waals surface area contributed by atoms with Crippen molar-refractivity contribution in [3.8, 4) is 0 Å². The van der Waals surface area contributed by atoms with E-state index in [9.17, 15) is 0 Å². The number of thiophene rings is 1. The Bertz CT molecular complexity index is 498. The van der Waals surface area contributed by atoms with E-state index in [-0.39, 0.29) is 0 Å². The summed E-state index contributed by atoms with van der Waals surface area (Å²) in [6, 6.07) is 7.74. The molecule has 0 saturated carbocycles. The maximum atomic E-state index is 5.88. The quantitative estimate of drug-likeness (QED) is 0.628. The highest BCUT2D eigenvalue weighted by Crippen LogP contribution is 2.32. The first-order valence-electron chi connectivity index (χ1n) is 4.56. The van der Waals surface area contributed by atoms with Gasteiger partial charge >= 0.3 is 0 Å². The maximum Gasteiger partial charge on any atom is 0.0701 e. The zero-order chi connectivity index (χ0) is 11.5. The molecule has 0 saturated heterocycles. The van der Waals surface area contributed by atoms with E-state index in [1.807, 2.05) is 12.1 Å². The predicted molar refractivity (Wildman–Crippen MR) is 77.4 cm³/mol. The molecule has 0 unspecified atom stereocenters. The van der Waals surface area contributed by atoms with Gasteiger partial charge in [-0.1, -0.05) is 11.6 Å². The highest BCUT2D eigenvalue weighted by molar-refractivity contribution is 9.11. The molecule has 1 aromatic carbocycles. The molecule has 0 aliphatic rings. The molecule has 2 N–H and O–H groups in total. The minimum atomic E-state index is 0.681. The van der Waals surface area contributed by atoms with E-state index >= 15 is 0 Å². The molecule has 0 radical (unpaired) electrons. The van der Waals surface area contributed by atoms with Crippen LogP contribution < -0.4 is 5.73 Å². The third-order valence-electron chi connectivity index (χ3n) is 1.99. The lowest BCUT2D eigenvalue weighted by atomic mass is 10.3. The topological polar surface area (TPSA) is 26.0 Å². The lowest BCUT2D eigenvalue weighted by Crippen LogP contribution is -1.88. The van der Waals surface area contributed by atoms with Crippen molar-refractivity contribution in [2.24, 2.45) is 0 Å². The van der Waals surface area contributed by atoms with Crippen LogP contribution in [0.15, 0.2) is 38.3 Å². The fourth-order valence-electron chi connectivity index (χ4n) is 1.23. The van der Waals surface area contributed by atoms with Crippen LogP contribution in [0.5, 0.6) is 0 Å². The Hall–Kier alpha value is -0.160. The lowest BCUT2D eigenvalue weighted by molar-refractivity contribution is 1.41. The van der Waals surface area contributed by atoms with Crippen LogP contribution in [0.4, 0.5) is 5.69 Å². The molecule has 1 aromatic heterocycles. The van der Waals surface area contributed by atoms with E-state index in [1.54, 1.807) is 29.2 Å². The minimum Gasteiger partial charge on any atom is -0.398 e. The van der Waals surface area contributed by atoms with E-state index in [1.165, 1.54) is 5.56 Å². The molecule has 1 nitrogen and oxygen atoms in total. The van der Waals surface area contributed by atoms with Crippen molar-refractivity contribution >= 4 is 56.3 Å². The second-order valence-corrected chi connectivity index (χ2v) is 6.97. The van der Waals surface area contributed by atoms with Crippen molar-refractivity contribution in [2.75, 3.05) is 5.73 Å². The van der Waals surface area contributed by atoms with Crippen molar-refractivity contribution in [3.63, 3.8) is 0 Å². The largest absolute Gasteiger partial charge is 0.398 e. The van der Waals surface area contributed by atoms with Gasteiger partial charge in [-0.05, 0) is 51.1 Å². The highest BCUT2D eigenvalue weighted by atomic mass is 79.9. The molecule has 0 atom stereocenters. The number of anilines is 1. The molecule has 0 aliphatic heterocycles. The number of benzene rings is 1. The zero-order valence-electron chi connectivity index (χ0n) is 8.24. The first-order valence-corrected chi connectivity index (χ1v) is 7.59. The Labute approximate surface area is 116 Å². The first-order chi connectivity index (χ1) is 7.65. The van der Waals surface area contributed by atoms with Gasteiger partial charge in [-0.3, -0.25) is 0 Å². The van der Waals surface area contributed by atoms with Gasteiger partial charge in [0.25, 0.3) is 0 Å². The van der Waals surface area contributed by atoms with Gasteiger partial charge in [-0.2, -0.15) is 0 Å². The molecule has 84 valence electrons. The van der Waals surface area contributed by atoms with Crippen molar-refractivity contribution in [1.82, 2.24) is 0 Å². The molecule has 1 heterocycles. The highest BCUT2D eigenvalue weighted by Gasteiger charge is 2.03. The molecule has 0 spiro atoms. The standard InChI is InChI=1S/C11H9BrClNS2/c12-11-3-7(6-16-11)5-15-10-2-1-8(13)4-9(10)14/h1-4,6H,5,14H2. The second-order valence-electron chi connectivity index (χ2n) is 3.23. The fourth-order valence-corrected chi connectivity index (χ4v) is 3.61. The van der Waals surface area contributed by atoms with Gasteiger partial charge in [-0.25, -0.2) is 0 Å². The monoisotopic (exact) mass is 333 g/mol. The third-order valence-corrected chi connectivity index (χ3v) is 4.94. The van der Waals surface area contributed by atoms with Gasteiger partial charge in [0.05, 0.1) is 3.79 Å². The summed E-state index contributed by atoms with van der Waals surface area (Å²) in [5.41, 5.74) is 7.92.